The van der Waals surface area contributed by atoms with Gasteiger partial charge in [0.2, 0.25) is 15.4 Å². The van der Waals surface area contributed by atoms with Crippen LogP contribution < -0.4 is 5.32 Å². The molecule has 1 aromatic carbocycles. The van der Waals surface area contributed by atoms with Crippen molar-refractivity contribution >= 4 is 34.9 Å². The van der Waals surface area contributed by atoms with Crippen molar-refractivity contribution in [2.24, 2.45) is 0 Å². The monoisotopic (exact) mass is 307 g/mol. The lowest BCUT2D eigenvalue weighted by Gasteiger charge is -1.95. The van der Waals surface area contributed by atoms with Crippen LogP contribution in [0.5, 0.6) is 0 Å². The molecule has 1 N–H and O–H groups in total. The molecule has 9 heteroatoms. The number of anilines is 1. The Morgan fingerprint density at radius 1 is 1.15 bits per heavy atom. The van der Waals surface area contributed by atoms with Crippen LogP contribution in [0.4, 0.5) is 6.01 Å². The van der Waals surface area contributed by atoms with Gasteiger partial charge in [-0.3, -0.25) is 10.1 Å². The van der Waals surface area contributed by atoms with Gasteiger partial charge in [0.05, 0.1) is 0 Å². The normalized spacial score (nSPS) is 10.4. The number of hydrogen-bond acceptors (Lipinski definition) is 7. The van der Waals surface area contributed by atoms with Gasteiger partial charge >= 0.3 is 6.01 Å². The first kappa shape index (κ1) is 12.7. The van der Waals surface area contributed by atoms with Crippen LogP contribution in [-0.4, -0.2) is 26.3 Å². The molecule has 0 aliphatic rings. The molecule has 2 aromatic heterocycles. The van der Waals surface area contributed by atoms with Crippen molar-refractivity contribution in [1.29, 1.82) is 0 Å². The number of amides is 1. The lowest BCUT2D eigenvalue weighted by atomic mass is 10.2. The van der Waals surface area contributed by atoms with Gasteiger partial charge in [-0.1, -0.05) is 34.6 Å². The highest BCUT2D eigenvalue weighted by Gasteiger charge is 2.16. The molecular weight excluding hydrogens is 302 g/mol. The van der Waals surface area contributed by atoms with Crippen molar-refractivity contribution in [3.8, 4) is 11.5 Å². The van der Waals surface area contributed by atoms with Gasteiger partial charge in [0.1, 0.15) is 0 Å². The maximum atomic E-state index is 11.8. The van der Waals surface area contributed by atoms with Crippen LogP contribution in [0.1, 0.15) is 9.80 Å². The first-order chi connectivity index (χ1) is 9.72. The molecule has 0 radical (unpaired) electrons. The van der Waals surface area contributed by atoms with E-state index in [1.165, 1.54) is 0 Å². The topological polar surface area (TPSA) is 93.8 Å². The maximum absolute atomic E-state index is 11.8. The Morgan fingerprint density at radius 2 is 1.95 bits per heavy atom. The Morgan fingerprint density at radius 3 is 2.65 bits per heavy atom. The SMILES string of the molecule is O=C(Nc1nnc(-c2ccccc2)o1)c1nnc(Cl)s1. The van der Waals surface area contributed by atoms with Crippen LogP contribution >= 0.6 is 22.9 Å². The van der Waals surface area contributed by atoms with E-state index in [0.29, 0.717) is 5.89 Å². The minimum atomic E-state index is -0.502. The van der Waals surface area contributed by atoms with Gasteiger partial charge in [0.25, 0.3) is 5.91 Å². The van der Waals surface area contributed by atoms with Crippen LogP contribution in [0, 0.1) is 0 Å². The van der Waals surface area contributed by atoms with Gasteiger partial charge in [0.15, 0.2) is 0 Å². The highest BCUT2D eigenvalue weighted by Crippen LogP contribution is 2.20. The minimum Gasteiger partial charge on any atom is -0.403 e. The molecule has 3 rings (SSSR count). The van der Waals surface area contributed by atoms with Crippen molar-refractivity contribution in [2.75, 3.05) is 5.32 Å². The van der Waals surface area contributed by atoms with Gasteiger partial charge in [-0.25, -0.2) is 0 Å². The number of aromatic nitrogens is 4. The van der Waals surface area contributed by atoms with Crippen molar-refractivity contribution < 1.29 is 9.21 Å². The van der Waals surface area contributed by atoms with Crippen molar-refractivity contribution in [2.45, 2.75) is 0 Å². The predicted octanol–water partition coefficient (Wildman–Crippen LogP) is 2.49. The van der Waals surface area contributed by atoms with Crippen LogP contribution in [-0.2, 0) is 0 Å². The average Bonchev–Trinajstić information content (AvgIpc) is 3.09. The van der Waals surface area contributed by atoms with Crippen LogP contribution in [0.25, 0.3) is 11.5 Å². The van der Waals surface area contributed by atoms with E-state index in [9.17, 15) is 4.79 Å². The van der Waals surface area contributed by atoms with E-state index in [1.54, 1.807) is 0 Å². The molecule has 7 nitrogen and oxygen atoms in total. The quantitative estimate of drug-likeness (QED) is 0.799. The Kier molecular flexibility index (Phi) is 3.40. The number of rotatable bonds is 3. The summed E-state index contributed by atoms with van der Waals surface area (Å²) in [7, 11) is 0. The maximum Gasteiger partial charge on any atom is 0.322 e. The average molecular weight is 308 g/mol. The Hall–Kier alpha value is -2.32. The van der Waals surface area contributed by atoms with Crippen LogP contribution in [0.3, 0.4) is 0 Å². The molecule has 0 bridgehead atoms. The summed E-state index contributed by atoms with van der Waals surface area (Å²) in [6.45, 7) is 0. The first-order valence-electron chi connectivity index (χ1n) is 5.41. The van der Waals surface area contributed by atoms with E-state index in [0.717, 1.165) is 16.9 Å². The molecule has 0 fully saturated rings. The second kappa shape index (κ2) is 5.35. The molecule has 0 spiro atoms. The standard InChI is InChI=1S/C11H6ClN5O2S/c12-10-16-15-9(20-10)7(18)13-11-17-14-8(19-11)6-4-2-1-3-5-6/h1-5H,(H,13,17,18). The number of carbonyl (C=O) groups excluding carboxylic acids is 1. The summed E-state index contributed by atoms with van der Waals surface area (Å²) < 4.78 is 5.52. The fourth-order valence-electron chi connectivity index (χ4n) is 1.42. The zero-order chi connectivity index (χ0) is 13.9. The van der Waals surface area contributed by atoms with Gasteiger partial charge < -0.3 is 4.42 Å². The zero-order valence-electron chi connectivity index (χ0n) is 9.78. The third-order valence-corrected chi connectivity index (χ3v) is 3.28. The molecule has 0 aliphatic carbocycles. The van der Waals surface area contributed by atoms with Gasteiger partial charge in [-0.2, -0.15) is 0 Å². The Balaban J connectivity index is 1.76. The Bertz CT molecular complexity index is 742. The summed E-state index contributed by atoms with van der Waals surface area (Å²) in [5.41, 5.74) is 0.763. The smallest absolute Gasteiger partial charge is 0.322 e. The van der Waals surface area contributed by atoms with Gasteiger partial charge in [-0.05, 0) is 23.7 Å². The van der Waals surface area contributed by atoms with Crippen LogP contribution in [0.15, 0.2) is 34.7 Å². The van der Waals surface area contributed by atoms with E-state index < -0.39 is 5.91 Å². The molecule has 3 aromatic rings. The Labute approximate surface area is 121 Å². The molecule has 0 aliphatic heterocycles. The van der Waals surface area contributed by atoms with Gasteiger partial charge in [0, 0.05) is 5.56 Å². The zero-order valence-corrected chi connectivity index (χ0v) is 11.4. The third-order valence-electron chi connectivity index (χ3n) is 2.26. The molecule has 2 heterocycles. The summed E-state index contributed by atoms with van der Waals surface area (Å²) >= 11 is 6.56. The predicted molar refractivity (Wildman–Crippen MR) is 72.6 cm³/mol. The molecule has 0 unspecified atom stereocenters. The summed E-state index contributed by atoms with van der Waals surface area (Å²) in [5, 5.41) is 17.3. The summed E-state index contributed by atoms with van der Waals surface area (Å²) in [5.74, 6) is -0.186. The number of halogens is 1. The van der Waals surface area contributed by atoms with Crippen LogP contribution in [0.2, 0.25) is 4.47 Å². The third kappa shape index (κ3) is 2.65. The first-order valence-corrected chi connectivity index (χ1v) is 6.61. The number of nitrogens with zero attached hydrogens (tertiary/aromatic N) is 4. The van der Waals surface area contributed by atoms with E-state index >= 15 is 0 Å². The van der Waals surface area contributed by atoms with Crippen molar-refractivity contribution in [3.05, 3.63) is 39.8 Å². The van der Waals surface area contributed by atoms with Gasteiger partial charge in [-0.15, -0.1) is 15.3 Å². The summed E-state index contributed by atoms with van der Waals surface area (Å²) in [4.78, 5) is 11.8. The molecule has 20 heavy (non-hydrogen) atoms. The van der Waals surface area contributed by atoms with E-state index in [4.69, 9.17) is 16.0 Å². The lowest BCUT2D eigenvalue weighted by Crippen LogP contribution is -2.11. The summed E-state index contributed by atoms with van der Waals surface area (Å²) in [6, 6.07) is 9.21. The van der Waals surface area contributed by atoms with E-state index in [1.807, 2.05) is 30.3 Å². The number of hydrogen-bond donors (Lipinski definition) is 1. The van der Waals surface area contributed by atoms with Crippen molar-refractivity contribution in [1.82, 2.24) is 20.4 Å². The molecule has 0 saturated carbocycles. The van der Waals surface area contributed by atoms with Crippen molar-refractivity contribution in [3.63, 3.8) is 0 Å². The summed E-state index contributed by atoms with van der Waals surface area (Å²) in [6.07, 6.45) is 0. The number of carbonyl (C=O) groups is 1. The van der Waals surface area contributed by atoms with E-state index in [2.05, 4.69) is 25.7 Å². The fourth-order valence-corrected chi connectivity index (χ4v) is 2.14. The molecule has 1 amide bonds. The number of nitrogens with one attached hydrogen (secondary N) is 1. The molecule has 0 atom stereocenters. The highest BCUT2D eigenvalue weighted by molar-refractivity contribution is 7.17. The number of benzene rings is 1. The minimum absolute atomic E-state index is 0.0137. The molecule has 0 saturated heterocycles. The lowest BCUT2D eigenvalue weighted by molar-refractivity contribution is 0.102. The highest BCUT2D eigenvalue weighted by atomic mass is 35.5. The molecule has 100 valence electrons. The van der Waals surface area contributed by atoms with E-state index in [-0.39, 0.29) is 15.5 Å². The molecular formula is C11H6ClN5O2S. The largest absolute Gasteiger partial charge is 0.403 e. The fraction of sp³-hybridized carbons (Fsp3) is 0. The second-order valence-electron chi connectivity index (χ2n) is 3.59. The second-order valence-corrected chi connectivity index (χ2v) is 5.15.